The molecule has 0 bridgehead atoms. The predicted octanol–water partition coefficient (Wildman–Crippen LogP) is 5.11. The third-order valence-corrected chi connectivity index (χ3v) is 6.44. The number of ketones is 1. The van der Waals surface area contributed by atoms with Gasteiger partial charge in [0.05, 0.1) is 11.4 Å². The molecule has 4 rings (SSSR count). The SMILES string of the molecule is C#CC#CN1/C(=C/C(=O)/C=C2/N(C#CC#C)c3ccccc3C2(C)C)C(C)(C)c2ccccc21. The van der Waals surface area contributed by atoms with Gasteiger partial charge in [0.1, 0.15) is 0 Å². The lowest BCUT2D eigenvalue weighted by Gasteiger charge is -2.24. The summed E-state index contributed by atoms with van der Waals surface area (Å²) >= 11 is 0. The number of nitrogens with zero attached hydrogens (tertiary/aromatic N) is 2. The van der Waals surface area contributed by atoms with Crippen LogP contribution in [0.2, 0.25) is 0 Å². The Labute approximate surface area is 202 Å². The van der Waals surface area contributed by atoms with Gasteiger partial charge in [-0.1, -0.05) is 64.1 Å². The van der Waals surface area contributed by atoms with Gasteiger partial charge in [-0.3, -0.25) is 14.6 Å². The fourth-order valence-electron chi connectivity index (χ4n) is 4.71. The summed E-state index contributed by atoms with van der Waals surface area (Å²) in [7, 11) is 0. The van der Waals surface area contributed by atoms with Crippen LogP contribution < -0.4 is 9.80 Å². The number of benzene rings is 2. The summed E-state index contributed by atoms with van der Waals surface area (Å²) in [6, 6.07) is 22.0. The summed E-state index contributed by atoms with van der Waals surface area (Å²) < 4.78 is 0. The van der Waals surface area contributed by atoms with Gasteiger partial charge in [0.2, 0.25) is 0 Å². The molecule has 2 aromatic rings. The zero-order valence-corrected chi connectivity index (χ0v) is 19.7. The Balaban J connectivity index is 1.83. The number of terminal acetylenes is 2. The molecule has 3 heteroatoms. The van der Waals surface area contributed by atoms with Crippen LogP contribution in [-0.2, 0) is 15.6 Å². The average Bonchev–Trinajstić information content (AvgIpc) is 3.16. The van der Waals surface area contributed by atoms with Gasteiger partial charge >= 0.3 is 0 Å². The van der Waals surface area contributed by atoms with Crippen LogP contribution >= 0.6 is 0 Å². The van der Waals surface area contributed by atoms with E-state index >= 15 is 0 Å². The smallest absolute Gasteiger partial charge is 0.182 e. The van der Waals surface area contributed by atoms with Crippen LogP contribution in [0, 0.1) is 48.6 Å². The minimum Gasteiger partial charge on any atom is -0.290 e. The van der Waals surface area contributed by atoms with Crippen LogP contribution in [0.5, 0.6) is 0 Å². The third kappa shape index (κ3) is 3.55. The van der Waals surface area contributed by atoms with E-state index in [9.17, 15) is 4.79 Å². The number of carbonyl (C=O) groups excluding carboxylic acids is 1. The summed E-state index contributed by atoms with van der Waals surface area (Å²) in [4.78, 5) is 17.1. The number of para-hydroxylation sites is 2. The molecule has 0 atom stereocenters. The van der Waals surface area contributed by atoms with E-state index < -0.39 is 10.8 Å². The van der Waals surface area contributed by atoms with E-state index in [-0.39, 0.29) is 5.78 Å². The summed E-state index contributed by atoms with van der Waals surface area (Å²) in [5.41, 5.74) is 4.72. The lowest BCUT2D eigenvalue weighted by atomic mass is 9.82. The highest BCUT2D eigenvalue weighted by molar-refractivity contribution is 6.03. The largest absolute Gasteiger partial charge is 0.290 e. The molecular formula is C31H24N2O. The molecule has 2 aromatic carbocycles. The van der Waals surface area contributed by atoms with Gasteiger partial charge in [0, 0.05) is 58.3 Å². The Morgan fingerprint density at radius 2 is 1.12 bits per heavy atom. The highest BCUT2D eigenvalue weighted by Crippen LogP contribution is 2.48. The van der Waals surface area contributed by atoms with E-state index in [1.807, 2.05) is 46.2 Å². The van der Waals surface area contributed by atoms with E-state index in [1.165, 1.54) is 0 Å². The number of hydrogen-bond acceptors (Lipinski definition) is 3. The quantitative estimate of drug-likeness (QED) is 0.479. The van der Waals surface area contributed by atoms with Gasteiger partial charge in [-0.15, -0.1) is 12.8 Å². The van der Waals surface area contributed by atoms with E-state index in [2.05, 4.69) is 75.6 Å². The van der Waals surface area contributed by atoms with Crippen LogP contribution in [0.15, 0.2) is 72.1 Å². The number of anilines is 2. The first kappa shape index (κ1) is 22.6. The summed E-state index contributed by atoms with van der Waals surface area (Å²) in [6.07, 6.45) is 14.1. The maximum absolute atomic E-state index is 13.5. The Kier molecular flexibility index (Phi) is 5.60. The van der Waals surface area contributed by atoms with Crippen molar-refractivity contribution in [3.05, 3.63) is 83.2 Å². The zero-order chi connectivity index (χ0) is 24.5. The second kappa shape index (κ2) is 8.41. The molecule has 0 N–H and O–H groups in total. The van der Waals surface area contributed by atoms with E-state index in [0.29, 0.717) is 0 Å². The first-order valence-electron chi connectivity index (χ1n) is 10.9. The van der Waals surface area contributed by atoms with Gasteiger partial charge in [-0.25, -0.2) is 0 Å². The molecule has 0 saturated heterocycles. The lowest BCUT2D eigenvalue weighted by molar-refractivity contribution is -0.110. The van der Waals surface area contributed by atoms with Crippen molar-refractivity contribution >= 4 is 17.2 Å². The van der Waals surface area contributed by atoms with Gasteiger partial charge in [0.25, 0.3) is 0 Å². The molecule has 3 nitrogen and oxygen atoms in total. The fourth-order valence-corrected chi connectivity index (χ4v) is 4.71. The standard InChI is InChI=1S/C31H24N2O/c1-7-9-19-32-26-17-13-11-15-24(26)30(3,4)28(32)21-23(34)22-29-31(5,6)25-16-12-14-18-27(25)33(29)20-10-8-2/h1-2,11-18,21-22H,3-6H3/b28-21+,29-22+. The van der Waals surface area contributed by atoms with Crippen molar-refractivity contribution in [3.8, 4) is 48.6 Å². The molecule has 164 valence electrons. The minimum atomic E-state index is -0.425. The molecule has 2 heterocycles. The lowest BCUT2D eigenvalue weighted by Crippen LogP contribution is -2.25. The van der Waals surface area contributed by atoms with Gasteiger partial charge < -0.3 is 0 Å². The topological polar surface area (TPSA) is 23.6 Å². The van der Waals surface area contributed by atoms with Crippen molar-refractivity contribution in [3.63, 3.8) is 0 Å². The van der Waals surface area contributed by atoms with Gasteiger partial charge in [0.15, 0.2) is 5.78 Å². The third-order valence-electron chi connectivity index (χ3n) is 6.44. The number of rotatable bonds is 2. The van der Waals surface area contributed by atoms with Gasteiger partial charge in [-0.2, -0.15) is 0 Å². The summed E-state index contributed by atoms with van der Waals surface area (Å²) in [6.45, 7) is 8.32. The zero-order valence-electron chi connectivity index (χ0n) is 19.7. The molecule has 0 amide bonds. The number of hydrogen-bond donors (Lipinski definition) is 0. The number of carbonyl (C=O) groups is 1. The van der Waals surface area contributed by atoms with Crippen LogP contribution in [-0.4, -0.2) is 5.78 Å². The maximum atomic E-state index is 13.5. The predicted molar refractivity (Wildman–Crippen MR) is 138 cm³/mol. The van der Waals surface area contributed by atoms with Crippen LogP contribution in [0.3, 0.4) is 0 Å². The maximum Gasteiger partial charge on any atom is 0.182 e. The van der Waals surface area contributed by atoms with Crippen molar-refractivity contribution in [1.29, 1.82) is 0 Å². The Morgan fingerprint density at radius 1 is 0.735 bits per heavy atom. The molecule has 0 radical (unpaired) electrons. The Bertz CT molecular complexity index is 1350. The molecule has 2 aliphatic heterocycles. The molecule has 0 aromatic heterocycles. The van der Waals surface area contributed by atoms with Crippen molar-refractivity contribution in [2.24, 2.45) is 0 Å². The highest BCUT2D eigenvalue weighted by Gasteiger charge is 2.42. The normalized spacial score (nSPS) is 18.6. The Hall–Kier alpha value is -4.57. The van der Waals surface area contributed by atoms with Crippen molar-refractivity contribution in [2.75, 3.05) is 9.80 Å². The van der Waals surface area contributed by atoms with E-state index in [4.69, 9.17) is 12.8 Å². The second-order valence-electron chi connectivity index (χ2n) is 9.18. The first-order chi connectivity index (χ1) is 16.2. The second-order valence-corrected chi connectivity index (χ2v) is 9.18. The van der Waals surface area contributed by atoms with Crippen molar-refractivity contribution < 1.29 is 4.79 Å². The van der Waals surface area contributed by atoms with Crippen LogP contribution in [0.4, 0.5) is 11.4 Å². The molecule has 0 aliphatic carbocycles. The molecule has 0 spiro atoms. The van der Waals surface area contributed by atoms with E-state index in [0.717, 1.165) is 33.9 Å². The molecule has 0 unspecified atom stereocenters. The van der Waals surface area contributed by atoms with E-state index in [1.54, 1.807) is 12.2 Å². The highest BCUT2D eigenvalue weighted by atomic mass is 16.1. The van der Waals surface area contributed by atoms with Crippen molar-refractivity contribution in [1.82, 2.24) is 0 Å². The molecular weight excluding hydrogens is 416 g/mol. The minimum absolute atomic E-state index is 0.160. The van der Waals surface area contributed by atoms with Crippen LogP contribution in [0.1, 0.15) is 38.8 Å². The molecule has 34 heavy (non-hydrogen) atoms. The van der Waals surface area contributed by atoms with Crippen molar-refractivity contribution in [2.45, 2.75) is 38.5 Å². The molecule has 2 aliphatic rings. The summed E-state index contributed by atoms with van der Waals surface area (Å²) in [5, 5.41) is 0. The molecule has 0 fully saturated rings. The Morgan fingerprint density at radius 3 is 1.50 bits per heavy atom. The summed E-state index contributed by atoms with van der Waals surface area (Å²) in [5.74, 6) is 9.96. The number of allylic oxidation sites excluding steroid dienone is 4. The monoisotopic (exact) mass is 440 g/mol. The molecule has 0 saturated carbocycles. The van der Waals surface area contributed by atoms with Gasteiger partial charge in [-0.05, 0) is 35.1 Å². The fraction of sp³-hybridized carbons (Fsp3) is 0.194. The van der Waals surface area contributed by atoms with Crippen LogP contribution in [0.25, 0.3) is 0 Å². The number of fused-ring (bicyclic) bond motifs is 2. The first-order valence-corrected chi connectivity index (χ1v) is 10.9. The average molecular weight is 441 g/mol.